The highest BCUT2D eigenvalue weighted by Gasteiger charge is 2.60. The Morgan fingerprint density at radius 2 is 1.93 bits per heavy atom. The van der Waals surface area contributed by atoms with E-state index in [4.69, 9.17) is 5.73 Å². The summed E-state index contributed by atoms with van der Waals surface area (Å²) in [5.41, 5.74) is 7.49. The molecule has 40 heavy (non-hydrogen) atoms. The molecule has 3 heterocycles. The molecule has 2 saturated heterocycles. The van der Waals surface area contributed by atoms with Gasteiger partial charge in [-0.1, -0.05) is 37.3 Å². The summed E-state index contributed by atoms with van der Waals surface area (Å²) in [6.07, 6.45) is 2.05. The van der Waals surface area contributed by atoms with E-state index in [2.05, 4.69) is 28.1 Å². The van der Waals surface area contributed by atoms with Crippen molar-refractivity contribution >= 4 is 35.3 Å². The summed E-state index contributed by atoms with van der Waals surface area (Å²) in [6, 6.07) is 9.05. The van der Waals surface area contributed by atoms with Gasteiger partial charge in [-0.3, -0.25) is 14.4 Å². The maximum absolute atomic E-state index is 13.7. The van der Waals surface area contributed by atoms with Crippen LogP contribution in [0.3, 0.4) is 0 Å². The molecule has 10 nitrogen and oxygen atoms in total. The molecule has 4 aliphatic rings. The highest BCUT2D eigenvalue weighted by Crippen LogP contribution is 2.52. The molecule has 11 heteroatoms. The van der Waals surface area contributed by atoms with E-state index in [0.29, 0.717) is 24.3 Å². The number of nitrogens with zero attached hydrogens (tertiary/aromatic N) is 1. The summed E-state index contributed by atoms with van der Waals surface area (Å²) in [6.45, 7) is 4.47. The monoisotopic (exact) mass is 569 g/mol. The highest BCUT2D eigenvalue weighted by atomic mass is 32.2. The molecule has 1 aromatic carbocycles. The van der Waals surface area contributed by atoms with E-state index in [9.17, 15) is 24.3 Å². The van der Waals surface area contributed by atoms with E-state index >= 15 is 0 Å². The number of nitrogens with one attached hydrogen (secondary N) is 3. The van der Waals surface area contributed by atoms with Crippen molar-refractivity contribution in [1.29, 1.82) is 0 Å². The Labute approximate surface area is 238 Å². The number of carbonyl (C=O) groups is 4. The molecule has 1 aromatic rings. The number of β-lactam (4-membered cyclic amide) rings is 1. The molecule has 0 spiro atoms. The molecule has 3 aliphatic heterocycles. The first kappa shape index (κ1) is 28.8. The van der Waals surface area contributed by atoms with Crippen LogP contribution in [0.15, 0.2) is 40.9 Å². The molecule has 0 radical (unpaired) electrons. The van der Waals surface area contributed by atoms with Crippen LogP contribution in [-0.2, 0) is 19.2 Å². The van der Waals surface area contributed by atoms with Crippen LogP contribution >= 0.6 is 11.8 Å². The summed E-state index contributed by atoms with van der Waals surface area (Å²) in [5.74, 6) is -2.13. The Balaban J connectivity index is 1.26. The molecule has 3 fully saturated rings. The fourth-order valence-corrected chi connectivity index (χ4v) is 8.64. The topological polar surface area (TPSA) is 154 Å². The number of carboxylic acid groups (broad SMARTS) is 1. The Morgan fingerprint density at radius 1 is 1.20 bits per heavy atom. The van der Waals surface area contributed by atoms with E-state index in [-0.39, 0.29) is 71.0 Å². The number of carbonyl (C=O) groups excluding carboxylic acids is 3. The van der Waals surface area contributed by atoms with Crippen LogP contribution in [0, 0.1) is 17.8 Å². The SMILES string of the molecule is CNCC(=O)N[C@H](C)[C@H]1C(=O)N2C(C(=O)O)=C(S[C@@H]3CN[C@H](C(=O)C4C[C@@H](N)C[C@H]4c4ccccc4)C3)[C@H](C)[C@H]12. The number of Topliss-reactive ketones (excluding diaryl/α,β-unsaturated/α-hetero) is 1. The zero-order chi connectivity index (χ0) is 28.7. The van der Waals surface area contributed by atoms with Gasteiger partial charge in [0.25, 0.3) is 0 Å². The van der Waals surface area contributed by atoms with Crippen LogP contribution in [0.2, 0.25) is 0 Å². The third-order valence-electron chi connectivity index (χ3n) is 8.98. The number of ketones is 1. The quantitative estimate of drug-likeness (QED) is 0.260. The molecule has 0 aromatic heterocycles. The number of thioether (sulfide) groups is 1. The molecule has 1 saturated carbocycles. The Kier molecular flexibility index (Phi) is 8.37. The van der Waals surface area contributed by atoms with Crippen molar-refractivity contribution in [3.05, 3.63) is 46.5 Å². The van der Waals surface area contributed by atoms with Gasteiger partial charge in [-0.25, -0.2) is 4.79 Å². The number of aliphatic carboxylic acids is 1. The van der Waals surface area contributed by atoms with Crippen molar-refractivity contribution < 1.29 is 24.3 Å². The third-order valence-corrected chi connectivity index (χ3v) is 10.5. The predicted molar refractivity (Wildman–Crippen MR) is 152 cm³/mol. The van der Waals surface area contributed by atoms with E-state index in [0.717, 1.165) is 12.0 Å². The second kappa shape index (κ2) is 11.6. The van der Waals surface area contributed by atoms with Crippen molar-refractivity contribution in [2.75, 3.05) is 20.1 Å². The van der Waals surface area contributed by atoms with Gasteiger partial charge < -0.3 is 31.7 Å². The normalized spacial score (nSPS) is 34.0. The highest BCUT2D eigenvalue weighted by molar-refractivity contribution is 8.03. The summed E-state index contributed by atoms with van der Waals surface area (Å²) < 4.78 is 0. The molecule has 6 N–H and O–H groups in total. The van der Waals surface area contributed by atoms with Crippen LogP contribution in [0.5, 0.6) is 0 Å². The molecule has 216 valence electrons. The van der Waals surface area contributed by atoms with Crippen LogP contribution in [0.25, 0.3) is 0 Å². The van der Waals surface area contributed by atoms with Gasteiger partial charge >= 0.3 is 5.97 Å². The minimum absolute atomic E-state index is 0.00556. The van der Waals surface area contributed by atoms with Crippen LogP contribution in [0.1, 0.15) is 44.6 Å². The fourth-order valence-electron chi connectivity index (χ4n) is 7.16. The van der Waals surface area contributed by atoms with Crippen molar-refractivity contribution in [2.45, 2.75) is 68.4 Å². The molecule has 0 bridgehead atoms. The van der Waals surface area contributed by atoms with Gasteiger partial charge in [0, 0.05) is 40.6 Å². The second-order valence-corrected chi connectivity index (χ2v) is 13.0. The van der Waals surface area contributed by atoms with Gasteiger partial charge in [-0.2, -0.15) is 0 Å². The van der Waals surface area contributed by atoms with Crippen LogP contribution in [0.4, 0.5) is 0 Å². The van der Waals surface area contributed by atoms with Crippen molar-refractivity contribution in [3.8, 4) is 0 Å². The minimum Gasteiger partial charge on any atom is -0.477 e. The molecule has 5 rings (SSSR count). The number of likely N-dealkylation sites (N-methyl/N-ethyl adjacent to an activating group) is 1. The van der Waals surface area contributed by atoms with E-state index in [1.165, 1.54) is 16.7 Å². The summed E-state index contributed by atoms with van der Waals surface area (Å²) in [7, 11) is 1.67. The van der Waals surface area contributed by atoms with Gasteiger partial charge in [0.1, 0.15) is 5.70 Å². The second-order valence-electron chi connectivity index (χ2n) is 11.6. The molecule has 9 atom stereocenters. The van der Waals surface area contributed by atoms with Crippen LogP contribution in [-0.4, -0.2) is 83.1 Å². The molecule has 2 amide bonds. The van der Waals surface area contributed by atoms with Crippen molar-refractivity contribution in [1.82, 2.24) is 20.9 Å². The molecular weight excluding hydrogens is 530 g/mol. The maximum atomic E-state index is 13.7. The molecule has 1 unspecified atom stereocenters. The van der Waals surface area contributed by atoms with E-state index < -0.39 is 17.9 Å². The maximum Gasteiger partial charge on any atom is 0.353 e. The van der Waals surface area contributed by atoms with Crippen molar-refractivity contribution in [2.24, 2.45) is 23.5 Å². The number of amides is 2. The smallest absolute Gasteiger partial charge is 0.353 e. The van der Waals surface area contributed by atoms with E-state index in [1.807, 2.05) is 25.1 Å². The number of nitrogens with two attached hydrogens (primary N) is 1. The fraction of sp³-hybridized carbons (Fsp3) is 0.586. The first-order valence-corrected chi connectivity index (χ1v) is 15.0. The average molecular weight is 570 g/mol. The van der Waals surface area contributed by atoms with Gasteiger partial charge in [-0.15, -0.1) is 11.8 Å². The predicted octanol–water partition coefficient (Wildman–Crippen LogP) is 1.04. The summed E-state index contributed by atoms with van der Waals surface area (Å²) in [5, 5.41) is 19.1. The standard InChI is InChI=1S/C29H39N5O5S/c1-14-24-23(15(2)33-22(35)13-31-3)28(37)34(24)25(29(38)39)27(14)40-18-11-21(32-12-18)26(36)20-10-17(30)9-19(20)16-7-5-4-6-8-16/h4-8,14-15,17-21,23-24,31-32H,9-13,30H2,1-3H3,(H,33,35)(H,38,39)/t14-,15-,17+,18+,19+,20?,21+,23-,24-/m1/s1. The lowest BCUT2D eigenvalue weighted by Crippen LogP contribution is -2.66. The van der Waals surface area contributed by atoms with E-state index in [1.54, 1.807) is 14.0 Å². The minimum atomic E-state index is -1.13. The van der Waals surface area contributed by atoms with Gasteiger partial charge in [0.2, 0.25) is 11.8 Å². The first-order valence-electron chi connectivity index (χ1n) is 14.1. The number of hydrogen-bond donors (Lipinski definition) is 5. The lowest BCUT2D eigenvalue weighted by molar-refractivity contribution is -0.158. The molecular formula is C29H39N5O5S. The zero-order valence-corrected chi connectivity index (χ0v) is 23.9. The number of rotatable bonds is 10. The van der Waals surface area contributed by atoms with Gasteiger partial charge in [0.05, 0.1) is 24.5 Å². The Hall–Kier alpha value is -2.73. The Bertz CT molecular complexity index is 1210. The zero-order valence-electron chi connectivity index (χ0n) is 23.1. The lowest BCUT2D eigenvalue weighted by Gasteiger charge is -2.47. The average Bonchev–Trinajstić information content (AvgIpc) is 3.60. The number of carboxylic acids is 1. The largest absolute Gasteiger partial charge is 0.477 e. The Morgan fingerprint density at radius 3 is 2.60 bits per heavy atom. The van der Waals surface area contributed by atoms with Crippen LogP contribution < -0.4 is 21.7 Å². The lowest BCUT2D eigenvalue weighted by atomic mass is 9.78. The van der Waals surface area contributed by atoms with Gasteiger partial charge in [-0.05, 0) is 44.7 Å². The first-order chi connectivity index (χ1) is 19.1. The van der Waals surface area contributed by atoms with Crippen molar-refractivity contribution in [3.63, 3.8) is 0 Å². The number of fused-ring (bicyclic) bond motifs is 1. The van der Waals surface area contributed by atoms with Gasteiger partial charge in [0.15, 0.2) is 5.78 Å². The third kappa shape index (κ3) is 5.20. The summed E-state index contributed by atoms with van der Waals surface area (Å²) >= 11 is 1.47. The number of benzene rings is 1. The molecule has 1 aliphatic carbocycles. The summed E-state index contributed by atoms with van der Waals surface area (Å²) in [4.78, 5) is 53.3. The number of hydrogen-bond acceptors (Lipinski definition) is 8.